The molecule has 1 aliphatic rings. The van der Waals surface area contributed by atoms with Crippen LogP contribution in [0.1, 0.15) is 35.4 Å². The first-order valence-electron chi connectivity index (χ1n) is 8.13. The highest BCUT2D eigenvalue weighted by Crippen LogP contribution is 2.52. The number of esters is 1. The van der Waals surface area contributed by atoms with E-state index in [0.717, 1.165) is 17.6 Å². The van der Waals surface area contributed by atoms with Gasteiger partial charge in [0.1, 0.15) is 6.10 Å². The van der Waals surface area contributed by atoms with Crippen molar-refractivity contribution in [1.29, 1.82) is 0 Å². The van der Waals surface area contributed by atoms with Gasteiger partial charge in [-0.3, -0.25) is 10.1 Å². The van der Waals surface area contributed by atoms with Crippen molar-refractivity contribution in [2.45, 2.75) is 19.4 Å². The van der Waals surface area contributed by atoms with Crippen LogP contribution in [0.25, 0.3) is 0 Å². The lowest BCUT2D eigenvalue weighted by atomic mass is 10.0. The Bertz CT molecular complexity index is 798. The Balaban J connectivity index is 1.79. The van der Waals surface area contributed by atoms with Gasteiger partial charge < -0.3 is 4.74 Å². The summed E-state index contributed by atoms with van der Waals surface area (Å²) in [7, 11) is 0. The average molecular weight is 337 g/mol. The van der Waals surface area contributed by atoms with E-state index in [4.69, 9.17) is 4.74 Å². The summed E-state index contributed by atoms with van der Waals surface area (Å²) in [6.07, 6.45) is 0.605. The maximum Gasteiger partial charge on any atom is 0.338 e. The van der Waals surface area contributed by atoms with Crippen LogP contribution in [0.5, 0.6) is 0 Å². The molecule has 5 nitrogen and oxygen atoms in total. The highest BCUT2D eigenvalue weighted by molar-refractivity contribution is 5.89. The molecule has 5 heteroatoms. The van der Waals surface area contributed by atoms with Gasteiger partial charge in [0.05, 0.1) is 10.5 Å². The number of hydrogen-bond donors (Lipinski definition) is 0. The number of rotatable bonds is 6. The molecule has 2 aromatic rings. The molecule has 1 aliphatic carbocycles. The smallest absolute Gasteiger partial charge is 0.338 e. The largest absolute Gasteiger partial charge is 0.454 e. The maximum atomic E-state index is 12.5. The highest BCUT2D eigenvalue weighted by atomic mass is 16.6. The fourth-order valence-corrected chi connectivity index (χ4v) is 3.06. The summed E-state index contributed by atoms with van der Waals surface area (Å²) in [5, 5.41) is 10.7. The lowest BCUT2D eigenvalue weighted by molar-refractivity contribution is -0.384. The summed E-state index contributed by atoms with van der Waals surface area (Å²) >= 11 is 0. The third-order valence-electron chi connectivity index (χ3n) is 4.54. The molecule has 25 heavy (non-hydrogen) atoms. The molecule has 128 valence electrons. The van der Waals surface area contributed by atoms with Crippen LogP contribution in [0.2, 0.25) is 0 Å². The summed E-state index contributed by atoms with van der Waals surface area (Å²) in [6, 6.07) is 15.1. The second-order valence-electron chi connectivity index (χ2n) is 6.39. The molecule has 3 rings (SSSR count). The van der Waals surface area contributed by atoms with Crippen LogP contribution in [0, 0.1) is 22.0 Å². The minimum atomic E-state index is -0.496. The Morgan fingerprint density at radius 1 is 1.20 bits per heavy atom. The Labute approximate surface area is 146 Å². The fourth-order valence-electron chi connectivity index (χ4n) is 3.06. The zero-order chi connectivity index (χ0) is 18.0. The number of benzene rings is 2. The van der Waals surface area contributed by atoms with Gasteiger partial charge in [-0.1, -0.05) is 42.5 Å². The summed E-state index contributed by atoms with van der Waals surface area (Å²) < 4.78 is 5.78. The van der Waals surface area contributed by atoms with Crippen molar-refractivity contribution in [2.75, 3.05) is 0 Å². The van der Waals surface area contributed by atoms with E-state index < -0.39 is 10.9 Å². The minimum Gasteiger partial charge on any atom is -0.454 e. The zero-order valence-electron chi connectivity index (χ0n) is 13.9. The van der Waals surface area contributed by atoms with E-state index in [2.05, 4.69) is 6.58 Å². The average Bonchev–Trinajstić information content (AvgIpc) is 3.41. The van der Waals surface area contributed by atoms with Gasteiger partial charge in [-0.2, -0.15) is 0 Å². The molecule has 3 atom stereocenters. The van der Waals surface area contributed by atoms with Crippen LogP contribution in [0.15, 0.2) is 66.7 Å². The number of hydrogen-bond acceptors (Lipinski definition) is 4. The predicted octanol–water partition coefficient (Wildman–Crippen LogP) is 4.71. The lowest BCUT2D eigenvalue weighted by Crippen LogP contribution is -2.14. The quantitative estimate of drug-likeness (QED) is 0.331. The summed E-state index contributed by atoms with van der Waals surface area (Å²) in [4.78, 5) is 22.7. The van der Waals surface area contributed by atoms with Crippen LogP contribution < -0.4 is 0 Å². The number of carbonyl (C=O) groups excluding carboxylic acids is 1. The van der Waals surface area contributed by atoms with Crippen molar-refractivity contribution in [3.63, 3.8) is 0 Å². The number of allylic oxidation sites excluding steroid dienone is 1. The van der Waals surface area contributed by atoms with E-state index in [-0.39, 0.29) is 17.7 Å². The standard InChI is InChI=1S/C20H19NO4/c1-13(2)17-12-18(17)19(14-6-4-3-5-7-14)25-20(22)15-8-10-16(11-9-15)21(23)24/h3-11,17-19H,1,12H2,2H3/t17-,18-,19+/m0/s1. The molecular weight excluding hydrogens is 318 g/mol. The molecule has 1 saturated carbocycles. The van der Waals surface area contributed by atoms with Crippen molar-refractivity contribution in [3.05, 3.63) is 88.0 Å². The molecule has 0 spiro atoms. The minimum absolute atomic E-state index is 0.0549. The molecule has 0 amide bonds. The topological polar surface area (TPSA) is 69.4 Å². The van der Waals surface area contributed by atoms with Gasteiger partial charge >= 0.3 is 5.97 Å². The normalized spacial score (nSPS) is 19.7. The number of nitro benzene ring substituents is 1. The molecule has 0 radical (unpaired) electrons. The van der Waals surface area contributed by atoms with Gasteiger partial charge in [-0.25, -0.2) is 4.79 Å². The molecule has 0 N–H and O–H groups in total. The molecule has 0 bridgehead atoms. The molecule has 0 heterocycles. The zero-order valence-corrected chi connectivity index (χ0v) is 13.9. The monoisotopic (exact) mass is 337 g/mol. The Kier molecular flexibility index (Phi) is 4.65. The van der Waals surface area contributed by atoms with Gasteiger partial charge in [0, 0.05) is 18.1 Å². The Morgan fingerprint density at radius 2 is 1.84 bits per heavy atom. The molecule has 1 fully saturated rings. The van der Waals surface area contributed by atoms with Crippen molar-refractivity contribution in [1.82, 2.24) is 0 Å². The molecule has 0 aromatic heterocycles. The van der Waals surface area contributed by atoms with Crippen molar-refractivity contribution < 1.29 is 14.5 Å². The van der Waals surface area contributed by atoms with Crippen LogP contribution in [0.3, 0.4) is 0 Å². The number of carbonyl (C=O) groups is 1. The highest BCUT2D eigenvalue weighted by Gasteiger charge is 2.46. The molecule has 0 saturated heterocycles. The number of ether oxygens (including phenoxy) is 1. The van der Waals surface area contributed by atoms with Gasteiger partial charge in [-0.05, 0) is 37.0 Å². The van der Waals surface area contributed by atoms with E-state index in [1.165, 1.54) is 24.3 Å². The van der Waals surface area contributed by atoms with Crippen LogP contribution in [-0.4, -0.2) is 10.9 Å². The second kappa shape index (κ2) is 6.89. The van der Waals surface area contributed by atoms with E-state index in [1.54, 1.807) is 0 Å². The molecule has 2 aromatic carbocycles. The maximum absolute atomic E-state index is 12.5. The van der Waals surface area contributed by atoms with Gasteiger partial charge in [0.25, 0.3) is 5.69 Å². The second-order valence-corrected chi connectivity index (χ2v) is 6.39. The van der Waals surface area contributed by atoms with Crippen molar-refractivity contribution in [3.8, 4) is 0 Å². The molecule has 0 unspecified atom stereocenters. The Hall–Kier alpha value is -2.95. The van der Waals surface area contributed by atoms with Crippen molar-refractivity contribution >= 4 is 11.7 Å². The first kappa shape index (κ1) is 16.9. The van der Waals surface area contributed by atoms with E-state index in [0.29, 0.717) is 11.5 Å². The van der Waals surface area contributed by atoms with Crippen LogP contribution in [-0.2, 0) is 4.74 Å². The summed E-state index contributed by atoms with van der Waals surface area (Å²) in [6.45, 7) is 5.99. The van der Waals surface area contributed by atoms with E-state index in [9.17, 15) is 14.9 Å². The predicted molar refractivity (Wildman–Crippen MR) is 94.1 cm³/mol. The van der Waals surface area contributed by atoms with Gasteiger partial charge in [-0.15, -0.1) is 0 Å². The number of non-ortho nitro benzene ring substituents is 1. The van der Waals surface area contributed by atoms with Crippen LogP contribution >= 0.6 is 0 Å². The first-order chi connectivity index (χ1) is 12.0. The number of nitro groups is 1. The number of nitrogens with zero attached hydrogens (tertiary/aromatic N) is 1. The van der Waals surface area contributed by atoms with Gasteiger partial charge in [0.15, 0.2) is 0 Å². The summed E-state index contributed by atoms with van der Waals surface area (Å²) in [5.74, 6) is 0.105. The SMILES string of the molecule is C=C(C)[C@@H]1C[C@@H]1[C@H](OC(=O)c1ccc([N+](=O)[O-])cc1)c1ccccc1. The first-order valence-corrected chi connectivity index (χ1v) is 8.13. The van der Waals surface area contributed by atoms with Crippen LogP contribution in [0.4, 0.5) is 5.69 Å². The molecule has 0 aliphatic heterocycles. The third-order valence-corrected chi connectivity index (χ3v) is 4.54. The lowest BCUT2D eigenvalue weighted by Gasteiger charge is -2.19. The Morgan fingerprint density at radius 3 is 2.36 bits per heavy atom. The van der Waals surface area contributed by atoms with E-state index in [1.807, 2.05) is 37.3 Å². The van der Waals surface area contributed by atoms with Crippen molar-refractivity contribution in [2.24, 2.45) is 11.8 Å². The fraction of sp³-hybridized carbons (Fsp3) is 0.250. The van der Waals surface area contributed by atoms with Gasteiger partial charge in [0.2, 0.25) is 0 Å². The summed E-state index contributed by atoms with van der Waals surface area (Å²) in [5.41, 5.74) is 2.29. The van der Waals surface area contributed by atoms with E-state index >= 15 is 0 Å². The molecular formula is C20H19NO4. The third kappa shape index (κ3) is 3.76.